The maximum absolute atomic E-state index is 11.7. The number of thiocarbonyl (C=S) groups is 1. The molecule has 0 radical (unpaired) electrons. The average molecular weight is 449 g/mol. The minimum absolute atomic E-state index is 0.215. The topological polar surface area (TPSA) is 159 Å². The lowest BCUT2D eigenvalue weighted by molar-refractivity contribution is -0.269. The monoisotopic (exact) mass is 449 g/mol. The van der Waals surface area contributed by atoms with Gasteiger partial charge in [0.2, 0.25) is 6.29 Å². The molecule has 1 fully saturated rings. The molecule has 13 nitrogen and oxygen atoms in total. The van der Waals surface area contributed by atoms with Crippen LogP contribution < -0.4 is 5.32 Å². The number of nitrogens with one attached hydrogen (secondary N) is 1. The molecule has 0 unspecified atom stereocenters. The average Bonchev–Trinajstić information content (AvgIpc) is 2.62. The van der Waals surface area contributed by atoms with Crippen LogP contribution in [-0.4, -0.2) is 78.3 Å². The van der Waals surface area contributed by atoms with Crippen LogP contribution in [0.5, 0.6) is 0 Å². The maximum Gasteiger partial charge on any atom is 0.305 e. The second-order valence-corrected chi connectivity index (χ2v) is 6.57. The SMILES string of the molecule is CC(=O)OC[C@@H]1O[C@@H](OC(C)=O)[C@@H](NC(=S)N(C)N=O)[C@@H](OC(C)=O)[C@H]1OC(C)=O. The first-order chi connectivity index (χ1) is 14.0. The molecule has 0 amide bonds. The normalized spacial score (nSPS) is 25.3. The Bertz CT molecular complexity index is 703. The van der Waals surface area contributed by atoms with Crippen LogP contribution in [0.1, 0.15) is 27.7 Å². The van der Waals surface area contributed by atoms with Gasteiger partial charge in [-0.3, -0.25) is 19.2 Å². The zero-order valence-electron chi connectivity index (χ0n) is 17.0. The van der Waals surface area contributed by atoms with Crippen molar-refractivity contribution in [2.45, 2.75) is 58.3 Å². The second kappa shape index (κ2) is 11.3. The van der Waals surface area contributed by atoms with Crippen LogP contribution in [0.25, 0.3) is 0 Å². The lowest BCUT2D eigenvalue weighted by atomic mass is 9.96. The summed E-state index contributed by atoms with van der Waals surface area (Å²) in [5.74, 6) is -2.90. The van der Waals surface area contributed by atoms with Crippen molar-refractivity contribution in [1.29, 1.82) is 0 Å². The van der Waals surface area contributed by atoms with E-state index in [2.05, 4.69) is 10.6 Å². The summed E-state index contributed by atoms with van der Waals surface area (Å²) in [5.41, 5.74) is 0. The molecule has 0 aromatic carbocycles. The van der Waals surface area contributed by atoms with Crippen LogP contribution >= 0.6 is 12.2 Å². The highest BCUT2D eigenvalue weighted by Gasteiger charge is 2.52. The van der Waals surface area contributed by atoms with Crippen molar-refractivity contribution < 1.29 is 42.9 Å². The molecule has 0 bridgehead atoms. The van der Waals surface area contributed by atoms with Crippen molar-refractivity contribution in [2.24, 2.45) is 5.29 Å². The molecule has 1 aliphatic rings. The second-order valence-electron chi connectivity index (χ2n) is 6.18. The van der Waals surface area contributed by atoms with Gasteiger partial charge >= 0.3 is 23.9 Å². The summed E-state index contributed by atoms with van der Waals surface area (Å²) in [6, 6.07) is -1.20. The van der Waals surface area contributed by atoms with Crippen molar-refractivity contribution in [3.63, 3.8) is 0 Å². The fourth-order valence-electron chi connectivity index (χ4n) is 2.59. The lowest BCUT2D eigenvalue weighted by Gasteiger charge is -2.44. The molecule has 0 aromatic rings. The van der Waals surface area contributed by atoms with Gasteiger partial charge in [-0.2, -0.15) is 0 Å². The first-order valence-electron chi connectivity index (χ1n) is 8.64. The molecule has 1 aliphatic heterocycles. The van der Waals surface area contributed by atoms with Gasteiger partial charge in [0, 0.05) is 34.7 Å². The van der Waals surface area contributed by atoms with Crippen LogP contribution in [0.2, 0.25) is 0 Å². The molecule has 5 atom stereocenters. The first kappa shape index (κ1) is 25.2. The Kier molecular flexibility index (Phi) is 9.52. The van der Waals surface area contributed by atoms with Crippen LogP contribution in [0.4, 0.5) is 0 Å². The predicted octanol–water partition coefficient (Wildman–Crippen LogP) is -0.443. The third kappa shape index (κ3) is 7.51. The van der Waals surface area contributed by atoms with E-state index in [0.29, 0.717) is 0 Å². The smallest absolute Gasteiger partial charge is 0.305 e. The van der Waals surface area contributed by atoms with Gasteiger partial charge in [0.1, 0.15) is 18.8 Å². The standard InChI is InChI=1S/C16H23N3O10S/c1-7(20)25-6-11-13(26-8(2)21)14(27-9(3)22)12(15(29-11)28-10(4)23)17-16(30)19(5)18-24/h11-15H,6H2,1-5H3,(H,17,30)/t11-,12-,13-,14+,15+/m0/s1. The molecule has 1 heterocycles. The van der Waals surface area contributed by atoms with Crippen molar-refractivity contribution in [3.8, 4) is 0 Å². The summed E-state index contributed by atoms with van der Waals surface area (Å²) in [6.45, 7) is 4.09. The molecule has 14 heteroatoms. The molecular weight excluding hydrogens is 426 g/mol. The highest BCUT2D eigenvalue weighted by Crippen LogP contribution is 2.28. The molecular formula is C16H23N3O10S. The number of esters is 4. The zero-order chi connectivity index (χ0) is 23.0. The fourth-order valence-corrected chi connectivity index (χ4v) is 2.76. The summed E-state index contributed by atoms with van der Waals surface area (Å²) in [5, 5.41) is 5.84. The first-order valence-corrected chi connectivity index (χ1v) is 9.05. The third-order valence-electron chi connectivity index (χ3n) is 3.69. The number of carbonyl (C=O) groups excluding carboxylic acids is 4. The van der Waals surface area contributed by atoms with Crippen LogP contribution in [0.15, 0.2) is 5.29 Å². The fraction of sp³-hybridized carbons (Fsp3) is 0.688. The number of hydrogen-bond acceptors (Lipinski definition) is 12. The van der Waals surface area contributed by atoms with Crippen molar-refractivity contribution >= 4 is 41.2 Å². The number of hydrogen-bond donors (Lipinski definition) is 1. The number of nitrogens with zero attached hydrogens (tertiary/aromatic N) is 2. The van der Waals surface area contributed by atoms with E-state index < -0.39 is 61.1 Å². The van der Waals surface area contributed by atoms with E-state index in [0.717, 1.165) is 32.7 Å². The Hall–Kier alpha value is -2.87. The Morgan fingerprint density at radius 2 is 1.50 bits per heavy atom. The Labute approximate surface area is 177 Å². The summed E-state index contributed by atoms with van der Waals surface area (Å²) >= 11 is 5.04. The Balaban J connectivity index is 3.37. The van der Waals surface area contributed by atoms with Crippen molar-refractivity contribution in [2.75, 3.05) is 13.7 Å². The van der Waals surface area contributed by atoms with Crippen LogP contribution in [-0.2, 0) is 42.9 Å². The van der Waals surface area contributed by atoms with Crippen molar-refractivity contribution in [3.05, 3.63) is 4.91 Å². The van der Waals surface area contributed by atoms with Gasteiger partial charge in [0.05, 0.1) is 5.29 Å². The van der Waals surface area contributed by atoms with Gasteiger partial charge in [-0.1, -0.05) is 0 Å². The minimum Gasteiger partial charge on any atom is -0.463 e. The Morgan fingerprint density at radius 1 is 0.967 bits per heavy atom. The molecule has 1 rings (SSSR count). The van der Waals surface area contributed by atoms with E-state index >= 15 is 0 Å². The number of rotatable bonds is 7. The van der Waals surface area contributed by atoms with Gasteiger partial charge in [0.15, 0.2) is 17.3 Å². The molecule has 0 spiro atoms. The van der Waals surface area contributed by atoms with Gasteiger partial charge in [0.25, 0.3) is 0 Å². The van der Waals surface area contributed by atoms with E-state index in [4.69, 9.17) is 35.9 Å². The zero-order valence-corrected chi connectivity index (χ0v) is 17.8. The van der Waals surface area contributed by atoms with Gasteiger partial charge in [-0.25, -0.2) is 5.01 Å². The largest absolute Gasteiger partial charge is 0.463 e. The Morgan fingerprint density at radius 3 is 1.97 bits per heavy atom. The molecule has 1 N–H and O–H groups in total. The summed E-state index contributed by atoms with van der Waals surface area (Å²) in [7, 11) is 1.25. The predicted molar refractivity (Wildman–Crippen MR) is 101 cm³/mol. The summed E-state index contributed by atoms with van der Waals surface area (Å²) in [6.07, 6.45) is -5.15. The van der Waals surface area contributed by atoms with Gasteiger partial charge < -0.3 is 29.0 Å². The van der Waals surface area contributed by atoms with E-state index in [1.54, 1.807) is 0 Å². The third-order valence-corrected chi connectivity index (χ3v) is 4.07. The highest BCUT2D eigenvalue weighted by atomic mass is 32.1. The lowest BCUT2D eigenvalue weighted by Crippen LogP contribution is -2.67. The minimum atomic E-state index is -1.42. The summed E-state index contributed by atoms with van der Waals surface area (Å²) in [4.78, 5) is 56.9. The van der Waals surface area contributed by atoms with E-state index in [9.17, 15) is 24.1 Å². The van der Waals surface area contributed by atoms with E-state index in [1.165, 1.54) is 7.05 Å². The molecule has 0 aromatic heterocycles. The molecule has 168 valence electrons. The quantitative estimate of drug-likeness (QED) is 0.175. The molecule has 0 aliphatic carbocycles. The number of carbonyl (C=O) groups is 4. The van der Waals surface area contributed by atoms with Crippen molar-refractivity contribution in [1.82, 2.24) is 10.3 Å². The molecule has 0 saturated carbocycles. The van der Waals surface area contributed by atoms with E-state index in [1.807, 2.05) is 0 Å². The maximum atomic E-state index is 11.7. The number of nitroso groups, excluding NO2 is 1. The van der Waals surface area contributed by atoms with Crippen LogP contribution in [0, 0.1) is 4.91 Å². The van der Waals surface area contributed by atoms with Gasteiger partial charge in [-0.15, -0.1) is 4.91 Å². The van der Waals surface area contributed by atoms with Crippen LogP contribution in [0.3, 0.4) is 0 Å². The van der Waals surface area contributed by atoms with Gasteiger partial charge in [-0.05, 0) is 12.2 Å². The number of ether oxygens (including phenoxy) is 5. The van der Waals surface area contributed by atoms with E-state index in [-0.39, 0.29) is 5.11 Å². The highest BCUT2D eigenvalue weighted by molar-refractivity contribution is 7.80. The summed E-state index contributed by atoms with van der Waals surface area (Å²) < 4.78 is 26.3. The molecule has 30 heavy (non-hydrogen) atoms. The molecule has 1 saturated heterocycles.